The zero-order valence-electron chi connectivity index (χ0n) is 17.2. The lowest BCUT2D eigenvalue weighted by Gasteiger charge is -2.26. The minimum atomic E-state index is -0.880. The van der Waals surface area contributed by atoms with Crippen molar-refractivity contribution in [3.05, 3.63) is 97.5 Å². The molecule has 1 fully saturated rings. The SMILES string of the molecule is O=C1NC(=O)N(c2cccc(Cl)c2)C(=O)/C1=C/c1cc(Cl)ccc1OCc1ccc(Cl)cc1Cl. The van der Waals surface area contributed by atoms with E-state index in [4.69, 9.17) is 51.1 Å². The Balaban J connectivity index is 1.68. The maximum atomic E-state index is 13.1. The Labute approximate surface area is 214 Å². The summed E-state index contributed by atoms with van der Waals surface area (Å²) in [6.07, 6.45) is 1.31. The van der Waals surface area contributed by atoms with Crippen molar-refractivity contribution in [2.45, 2.75) is 6.61 Å². The summed E-state index contributed by atoms with van der Waals surface area (Å²) in [5.74, 6) is -1.32. The molecule has 1 saturated heterocycles. The smallest absolute Gasteiger partial charge is 0.335 e. The number of hydrogen-bond acceptors (Lipinski definition) is 4. The minimum absolute atomic E-state index is 0.0983. The number of anilines is 1. The molecular weight excluding hydrogens is 522 g/mol. The number of urea groups is 1. The molecule has 6 nitrogen and oxygen atoms in total. The highest BCUT2D eigenvalue weighted by Crippen LogP contribution is 2.30. The summed E-state index contributed by atoms with van der Waals surface area (Å²) >= 11 is 24.3. The van der Waals surface area contributed by atoms with Crippen molar-refractivity contribution in [3.8, 4) is 5.75 Å². The molecule has 172 valence electrons. The first-order valence-corrected chi connectivity index (χ1v) is 11.3. The van der Waals surface area contributed by atoms with Gasteiger partial charge in [-0.15, -0.1) is 0 Å². The molecule has 0 aromatic heterocycles. The number of carbonyl (C=O) groups is 3. The van der Waals surface area contributed by atoms with Crippen molar-refractivity contribution < 1.29 is 19.1 Å². The number of hydrogen-bond donors (Lipinski definition) is 1. The largest absolute Gasteiger partial charge is 0.488 e. The van der Waals surface area contributed by atoms with Crippen LogP contribution in [0.4, 0.5) is 10.5 Å². The summed E-state index contributed by atoms with van der Waals surface area (Å²) < 4.78 is 5.89. The van der Waals surface area contributed by atoms with Crippen LogP contribution in [0.15, 0.2) is 66.2 Å². The number of barbiturate groups is 1. The molecule has 1 N–H and O–H groups in total. The van der Waals surface area contributed by atoms with Crippen molar-refractivity contribution >= 4 is 76.0 Å². The molecule has 34 heavy (non-hydrogen) atoms. The van der Waals surface area contributed by atoms with E-state index in [0.717, 1.165) is 4.90 Å². The second-order valence-corrected chi connectivity index (χ2v) is 8.86. The van der Waals surface area contributed by atoms with Gasteiger partial charge in [0, 0.05) is 31.2 Å². The Morgan fingerprint density at radius 3 is 2.29 bits per heavy atom. The van der Waals surface area contributed by atoms with Crippen molar-refractivity contribution in [2.24, 2.45) is 0 Å². The summed E-state index contributed by atoms with van der Waals surface area (Å²) in [5, 5.41) is 3.77. The summed E-state index contributed by atoms with van der Waals surface area (Å²) in [5.41, 5.74) is 0.977. The predicted molar refractivity (Wildman–Crippen MR) is 133 cm³/mol. The lowest BCUT2D eigenvalue weighted by atomic mass is 10.1. The molecule has 1 aliphatic heterocycles. The van der Waals surface area contributed by atoms with Crippen molar-refractivity contribution in [1.29, 1.82) is 0 Å². The molecular formula is C24H14Cl4N2O4. The molecule has 0 spiro atoms. The number of ether oxygens (including phenoxy) is 1. The third-order valence-electron chi connectivity index (χ3n) is 4.84. The zero-order valence-corrected chi connectivity index (χ0v) is 20.2. The molecule has 3 aromatic carbocycles. The Kier molecular flexibility index (Phi) is 7.14. The van der Waals surface area contributed by atoms with Gasteiger partial charge in [-0.25, -0.2) is 9.69 Å². The summed E-state index contributed by atoms with van der Waals surface area (Å²) in [6, 6.07) is 15.0. The topological polar surface area (TPSA) is 75.7 Å². The number of benzene rings is 3. The standard InChI is InChI=1S/C24H14Cl4N2O4/c25-15-2-1-3-18(10-15)30-23(32)19(22(31)29-24(30)33)9-14-8-16(26)6-7-21(14)34-12-13-4-5-17(27)11-20(13)28/h1-11H,12H2,(H,29,31,33)/b19-9+. The molecule has 0 saturated carbocycles. The quantitative estimate of drug-likeness (QED) is 0.297. The molecule has 10 heteroatoms. The van der Waals surface area contributed by atoms with Gasteiger partial charge in [0.25, 0.3) is 11.8 Å². The van der Waals surface area contributed by atoms with Gasteiger partial charge in [0.05, 0.1) is 5.69 Å². The maximum Gasteiger partial charge on any atom is 0.335 e. The highest BCUT2D eigenvalue weighted by molar-refractivity contribution is 6.40. The number of amides is 4. The lowest BCUT2D eigenvalue weighted by Crippen LogP contribution is -2.54. The first kappa shape index (κ1) is 24.1. The highest BCUT2D eigenvalue weighted by Gasteiger charge is 2.37. The van der Waals surface area contributed by atoms with Gasteiger partial charge in [-0.2, -0.15) is 0 Å². The Hall–Kier alpha value is -3.03. The third-order valence-corrected chi connectivity index (χ3v) is 5.90. The first-order chi connectivity index (χ1) is 16.2. The molecule has 1 heterocycles. The summed E-state index contributed by atoms with van der Waals surface area (Å²) in [7, 11) is 0. The van der Waals surface area contributed by atoms with E-state index in [1.54, 1.807) is 42.5 Å². The minimum Gasteiger partial charge on any atom is -0.488 e. The van der Waals surface area contributed by atoms with Gasteiger partial charge in [0.1, 0.15) is 17.9 Å². The second-order valence-electron chi connectivity index (χ2n) is 7.14. The number of nitrogens with zero attached hydrogens (tertiary/aromatic N) is 1. The van der Waals surface area contributed by atoms with E-state index in [2.05, 4.69) is 5.32 Å². The van der Waals surface area contributed by atoms with E-state index >= 15 is 0 Å². The van der Waals surface area contributed by atoms with Crippen LogP contribution in [0.2, 0.25) is 20.1 Å². The maximum absolute atomic E-state index is 13.1. The van der Waals surface area contributed by atoms with Crippen LogP contribution in [0, 0.1) is 0 Å². The van der Waals surface area contributed by atoms with E-state index in [-0.39, 0.29) is 17.9 Å². The van der Waals surface area contributed by atoms with E-state index in [9.17, 15) is 14.4 Å². The van der Waals surface area contributed by atoms with Crippen LogP contribution in [0.3, 0.4) is 0 Å². The molecule has 4 amide bonds. The van der Waals surface area contributed by atoms with Gasteiger partial charge in [-0.1, -0.05) is 58.5 Å². The van der Waals surface area contributed by atoms with Gasteiger partial charge >= 0.3 is 6.03 Å². The van der Waals surface area contributed by atoms with Gasteiger partial charge in [-0.3, -0.25) is 14.9 Å². The van der Waals surface area contributed by atoms with Crippen molar-refractivity contribution in [1.82, 2.24) is 5.32 Å². The fraction of sp³-hybridized carbons (Fsp3) is 0.0417. The first-order valence-electron chi connectivity index (χ1n) is 9.76. The van der Waals surface area contributed by atoms with Gasteiger partial charge in [-0.05, 0) is 54.6 Å². The monoisotopic (exact) mass is 534 g/mol. The normalized spacial score (nSPS) is 15.0. The predicted octanol–water partition coefficient (Wildman–Crippen LogP) is 6.55. The lowest BCUT2D eigenvalue weighted by molar-refractivity contribution is -0.122. The van der Waals surface area contributed by atoms with E-state index in [1.807, 2.05) is 0 Å². The van der Waals surface area contributed by atoms with E-state index < -0.39 is 17.8 Å². The average molecular weight is 536 g/mol. The number of rotatable bonds is 5. The van der Waals surface area contributed by atoms with Crippen molar-refractivity contribution in [3.63, 3.8) is 0 Å². The molecule has 0 unspecified atom stereocenters. The number of carbonyl (C=O) groups excluding carboxylic acids is 3. The molecule has 0 bridgehead atoms. The number of imide groups is 2. The Morgan fingerprint density at radius 2 is 1.56 bits per heavy atom. The van der Waals surface area contributed by atoms with Crippen LogP contribution >= 0.6 is 46.4 Å². The molecule has 0 atom stereocenters. The highest BCUT2D eigenvalue weighted by atomic mass is 35.5. The van der Waals surface area contributed by atoms with E-state index in [1.165, 1.54) is 24.3 Å². The molecule has 4 rings (SSSR count). The Morgan fingerprint density at radius 1 is 0.853 bits per heavy atom. The van der Waals surface area contributed by atoms with Gasteiger partial charge in [0.2, 0.25) is 0 Å². The molecule has 0 aliphatic carbocycles. The van der Waals surface area contributed by atoms with E-state index in [0.29, 0.717) is 37.0 Å². The van der Waals surface area contributed by atoms with Crippen LogP contribution < -0.4 is 15.0 Å². The number of halogens is 4. The zero-order chi connectivity index (χ0) is 24.4. The van der Waals surface area contributed by atoms with Crippen molar-refractivity contribution in [2.75, 3.05) is 4.90 Å². The van der Waals surface area contributed by atoms with Crippen LogP contribution in [0.25, 0.3) is 6.08 Å². The fourth-order valence-corrected chi connectivity index (χ4v) is 4.05. The van der Waals surface area contributed by atoms with Crippen LogP contribution in [-0.2, 0) is 16.2 Å². The second kappa shape index (κ2) is 10.1. The molecule has 0 radical (unpaired) electrons. The number of nitrogens with one attached hydrogen (secondary N) is 1. The third kappa shape index (κ3) is 5.21. The van der Waals surface area contributed by atoms with Gasteiger partial charge < -0.3 is 4.74 Å². The summed E-state index contributed by atoms with van der Waals surface area (Å²) in [4.78, 5) is 38.9. The van der Waals surface area contributed by atoms with Gasteiger partial charge in [0.15, 0.2) is 0 Å². The summed E-state index contributed by atoms with van der Waals surface area (Å²) in [6.45, 7) is 0.0983. The van der Waals surface area contributed by atoms with Crippen LogP contribution in [0.1, 0.15) is 11.1 Å². The molecule has 3 aromatic rings. The van der Waals surface area contributed by atoms with Crippen LogP contribution in [-0.4, -0.2) is 17.8 Å². The Bertz CT molecular complexity index is 1360. The van der Waals surface area contributed by atoms with Crippen LogP contribution in [0.5, 0.6) is 5.75 Å². The molecule has 1 aliphatic rings. The fourth-order valence-electron chi connectivity index (χ4n) is 3.22. The average Bonchev–Trinajstić information content (AvgIpc) is 2.77.